The first-order valence-electron chi connectivity index (χ1n) is 11.3. The molecule has 4 atom stereocenters. The van der Waals surface area contributed by atoms with E-state index in [-0.39, 0.29) is 12.0 Å². The smallest absolute Gasteiger partial charge is 0.320 e. The molecule has 6 rings (SSSR count). The van der Waals surface area contributed by atoms with Gasteiger partial charge in [0, 0.05) is 30.5 Å². The average Bonchev–Trinajstić information content (AvgIpc) is 3.54. The van der Waals surface area contributed by atoms with Crippen molar-refractivity contribution in [1.82, 2.24) is 25.1 Å². The second-order valence-electron chi connectivity index (χ2n) is 9.01. The van der Waals surface area contributed by atoms with Crippen LogP contribution in [0.1, 0.15) is 29.9 Å². The molecule has 2 unspecified atom stereocenters. The Kier molecular flexibility index (Phi) is 4.76. The lowest BCUT2D eigenvalue weighted by molar-refractivity contribution is 0.0988. The SMILES string of the molecule is COc1nc(N2C[C@H]3C[C@@H]2CO3)cc(-n2ncc3cc(C)c(C4CCNCC4F)cc32)n1. The molecule has 2 aromatic heterocycles. The van der Waals surface area contributed by atoms with Crippen LogP contribution in [0.4, 0.5) is 10.2 Å². The summed E-state index contributed by atoms with van der Waals surface area (Å²) in [6.45, 7) is 4.82. The molecule has 32 heavy (non-hydrogen) atoms. The van der Waals surface area contributed by atoms with Crippen molar-refractivity contribution in [2.45, 2.75) is 44.0 Å². The normalized spacial score (nSPS) is 27.4. The van der Waals surface area contributed by atoms with E-state index >= 15 is 0 Å². The second-order valence-corrected chi connectivity index (χ2v) is 9.01. The number of anilines is 1. The van der Waals surface area contributed by atoms with Crippen molar-refractivity contribution in [3.8, 4) is 11.8 Å². The topological polar surface area (TPSA) is 77.3 Å². The predicted octanol–water partition coefficient (Wildman–Crippen LogP) is 2.53. The number of alkyl halides is 1. The Labute approximate surface area is 185 Å². The first-order chi connectivity index (χ1) is 15.6. The molecule has 1 N–H and O–H groups in total. The summed E-state index contributed by atoms with van der Waals surface area (Å²) >= 11 is 0. The number of rotatable bonds is 4. The third kappa shape index (κ3) is 3.22. The molecule has 3 aliphatic rings. The zero-order valence-electron chi connectivity index (χ0n) is 18.3. The fraction of sp³-hybridized carbons (Fsp3) is 0.522. The molecular weight excluding hydrogens is 411 g/mol. The molecule has 3 fully saturated rings. The van der Waals surface area contributed by atoms with Crippen LogP contribution < -0.4 is 15.0 Å². The van der Waals surface area contributed by atoms with E-state index in [4.69, 9.17) is 9.47 Å². The lowest BCUT2D eigenvalue weighted by Crippen LogP contribution is -2.37. The van der Waals surface area contributed by atoms with Gasteiger partial charge in [0.25, 0.3) is 0 Å². The maximum Gasteiger partial charge on any atom is 0.320 e. The summed E-state index contributed by atoms with van der Waals surface area (Å²) in [5.74, 6) is 1.35. The van der Waals surface area contributed by atoms with Gasteiger partial charge in [0.15, 0.2) is 5.82 Å². The van der Waals surface area contributed by atoms with Crippen LogP contribution in [0.3, 0.4) is 0 Å². The third-order valence-corrected chi connectivity index (χ3v) is 7.04. The highest BCUT2D eigenvalue weighted by Gasteiger charge is 2.40. The fourth-order valence-electron chi connectivity index (χ4n) is 5.39. The largest absolute Gasteiger partial charge is 0.467 e. The number of halogens is 1. The maximum atomic E-state index is 14.7. The quantitative estimate of drug-likeness (QED) is 0.671. The van der Waals surface area contributed by atoms with E-state index in [0.717, 1.165) is 60.4 Å². The predicted molar refractivity (Wildman–Crippen MR) is 119 cm³/mol. The van der Waals surface area contributed by atoms with Gasteiger partial charge in [-0.05, 0) is 49.6 Å². The van der Waals surface area contributed by atoms with Gasteiger partial charge in [-0.1, -0.05) is 0 Å². The minimum Gasteiger partial charge on any atom is -0.467 e. The fourth-order valence-corrected chi connectivity index (χ4v) is 5.39. The number of nitrogens with one attached hydrogen (secondary N) is 1. The molecule has 1 aromatic carbocycles. The molecule has 0 aliphatic carbocycles. The number of ether oxygens (including phenoxy) is 2. The molecule has 0 saturated carbocycles. The van der Waals surface area contributed by atoms with Gasteiger partial charge < -0.3 is 19.7 Å². The molecule has 168 valence electrons. The number of hydrogen-bond acceptors (Lipinski definition) is 7. The summed E-state index contributed by atoms with van der Waals surface area (Å²) in [6, 6.07) is 6.77. The van der Waals surface area contributed by atoms with E-state index in [0.29, 0.717) is 24.4 Å². The molecule has 3 aliphatic heterocycles. The van der Waals surface area contributed by atoms with Crippen LogP contribution in [0.15, 0.2) is 24.4 Å². The summed E-state index contributed by atoms with van der Waals surface area (Å²) in [6.07, 6.45) is 3.01. The van der Waals surface area contributed by atoms with Gasteiger partial charge in [0.1, 0.15) is 12.0 Å². The van der Waals surface area contributed by atoms with Crippen molar-refractivity contribution >= 4 is 16.7 Å². The molecule has 9 heteroatoms. The Morgan fingerprint density at radius 3 is 2.84 bits per heavy atom. The number of aryl methyl sites for hydroxylation is 1. The highest BCUT2D eigenvalue weighted by atomic mass is 19.1. The van der Waals surface area contributed by atoms with E-state index in [1.165, 1.54) is 0 Å². The second kappa shape index (κ2) is 7.67. The van der Waals surface area contributed by atoms with Gasteiger partial charge in [-0.15, -0.1) is 0 Å². The van der Waals surface area contributed by atoms with Crippen LogP contribution in [0.2, 0.25) is 0 Å². The Morgan fingerprint density at radius 1 is 1.22 bits per heavy atom. The van der Waals surface area contributed by atoms with E-state index in [1.54, 1.807) is 7.11 Å². The average molecular weight is 439 g/mol. The van der Waals surface area contributed by atoms with Gasteiger partial charge in [0.2, 0.25) is 0 Å². The number of benzene rings is 1. The Bertz CT molecular complexity index is 1170. The van der Waals surface area contributed by atoms with E-state index in [1.807, 2.05) is 16.9 Å². The first-order valence-corrected chi connectivity index (χ1v) is 11.3. The van der Waals surface area contributed by atoms with Gasteiger partial charge in [-0.3, -0.25) is 0 Å². The number of aromatic nitrogens is 4. The lowest BCUT2D eigenvalue weighted by Gasteiger charge is -2.28. The first kappa shape index (κ1) is 19.9. The van der Waals surface area contributed by atoms with E-state index in [2.05, 4.69) is 44.3 Å². The van der Waals surface area contributed by atoms with Crippen molar-refractivity contribution in [3.63, 3.8) is 0 Å². The van der Waals surface area contributed by atoms with Crippen molar-refractivity contribution in [1.29, 1.82) is 0 Å². The summed E-state index contributed by atoms with van der Waals surface area (Å²) < 4.78 is 27.7. The number of hydrogen-bond donors (Lipinski definition) is 1. The summed E-state index contributed by atoms with van der Waals surface area (Å²) in [7, 11) is 1.57. The molecule has 8 nitrogen and oxygen atoms in total. The Morgan fingerprint density at radius 2 is 2.09 bits per heavy atom. The van der Waals surface area contributed by atoms with Crippen molar-refractivity contribution in [2.24, 2.45) is 0 Å². The van der Waals surface area contributed by atoms with Crippen molar-refractivity contribution < 1.29 is 13.9 Å². The van der Waals surface area contributed by atoms with Crippen LogP contribution >= 0.6 is 0 Å². The molecule has 3 saturated heterocycles. The zero-order valence-corrected chi connectivity index (χ0v) is 18.3. The molecule has 2 bridgehead atoms. The number of morpholine rings is 1. The van der Waals surface area contributed by atoms with Crippen LogP contribution in [0, 0.1) is 6.92 Å². The molecule has 5 heterocycles. The summed E-state index contributed by atoms with van der Waals surface area (Å²) in [4.78, 5) is 11.4. The summed E-state index contributed by atoms with van der Waals surface area (Å²) in [5, 5.41) is 8.77. The number of methoxy groups -OCH3 is 1. The van der Waals surface area contributed by atoms with Gasteiger partial charge in [-0.2, -0.15) is 15.1 Å². The van der Waals surface area contributed by atoms with Crippen LogP contribution in [-0.4, -0.2) is 71.4 Å². The van der Waals surface area contributed by atoms with E-state index < -0.39 is 6.17 Å². The number of piperidine rings is 1. The maximum absolute atomic E-state index is 14.7. The minimum absolute atomic E-state index is 0.111. The Balaban J connectivity index is 1.44. The van der Waals surface area contributed by atoms with Crippen molar-refractivity contribution in [2.75, 3.05) is 38.3 Å². The van der Waals surface area contributed by atoms with Crippen LogP contribution in [-0.2, 0) is 4.74 Å². The summed E-state index contributed by atoms with van der Waals surface area (Å²) in [5.41, 5.74) is 3.05. The van der Waals surface area contributed by atoms with Crippen LogP contribution in [0.5, 0.6) is 6.01 Å². The Hall–Kier alpha value is -2.78. The van der Waals surface area contributed by atoms with E-state index in [9.17, 15) is 4.39 Å². The van der Waals surface area contributed by atoms with Gasteiger partial charge in [-0.25, -0.2) is 9.07 Å². The monoisotopic (exact) mass is 438 g/mol. The molecule has 0 radical (unpaired) electrons. The number of nitrogens with zero attached hydrogens (tertiary/aromatic N) is 5. The van der Waals surface area contributed by atoms with Crippen molar-refractivity contribution in [3.05, 3.63) is 35.5 Å². The molecule has 0 amide bonds. The molecule has 3 aromatic rings. The zero-order chi connectivity index (χ0) is 21.8. The molecule has 0 spiro atoms. The standard InChI is InChI=1S/C23H27FN6O2/c1-13-5-14-9-26-30(20(14)7-18(13)17-3-4-25-10-19(17)24)22-8-21(27-23(28-22)31-2)29-11-16-6-15(29)12-32-16/h5,7-9,15-17,19,25H,3-4,6,10-12H2,1-2H3/t15-,16-,17?,19?/m1/s1. The molecular formula is C23H27FN6O2. The highest BCUT2D eigenvalue weighted by molar-refractivity contribution is 5.82. The third-order valence-electron chi connectivity index (χ3n) is 7.04. The lowest BCUT2D eigenvalue weighted by atomic mass is 9.85. The van der Waals surface area contributed by atoms with Crippen LogP contribution in [0.25, 0.3) is 16.7 Å². The minimum atomic E-state index is -0.894. The van der Waals surface area contributed by atoms with Gasteiger partial charge in [0.05, 0.1) is 37.6 Å². The van der Waals surface area contributed by atoms with Gasteiger partial charge >= 0.3 is 6.01 Å². The highest BCUT2D eigenvalue weighted by Crippen LogP contribution is 2.35. The number of fused-ring (bicyclic) bond motifs is 3.